The molecular formula is C12H18N2O2S. The Balaban J connectivity index is 1.78. The largest absolute Gasteiger partial charge is 0.385 e. The maximum atomic E-state index is 11.9. The van der Waals surface area contributed by atoms with E-state index in [0.29, 0.717) is 13.2 Å². The van der Waals surface area contributed by atoms with Gasteiger partial charge in [0.25, 0.3) is 0 Å². The summed E-state index contributed by atoms with van der Waals surface area (Å²) in [6, 6.07) is 0. The highest BCUT2D eigenvalue weighted by molar-refractivity contribution is 7.09. The lowest BCUT2D eigenvalue weighted by molar-refractivity contribution is -0.125. The highest BCUT2D eigenvalue weighted by Gasteiger charge is 2.25. The molecule has 0 spiro atoms. The molecule has 1 aliphatic carbocycles. The first-order valence-electron chi connectivity index (χ1n) is 5.99. The summed E-state index contributed by atoms with van der Waals surface area (Å²) in [5.41, 5.74) is 3.07. The summed E-state index contributed by atoms with van der Waals surface area (Å²) < 4.78 is 4.95. The van der Waals surface area contributed by atoms with Gasteiger partial charge in [-0.2, -0.15) is 0 Å². The van der Waals surface area contributed by atoms with E-state index in [1.165, 1.54) is 10.6 Å². The average Bonchev–Trinajstić information content (AvgIpc) is 2.81. The van der Waals surface area contributed by atoms with Crippen LogP contribution in [-0.2, 0) is 22.4 Å². The molecule has 1 amide bonds. The fraction of sp³-hybridized carbons (Fsp3) is 0.667. The van der Waals surface area contributed by atoms with Gasteiger partial charge in [0.1, 0.15) is 0 Å². The third kappa shape index (κ3) is 3.26. The summed E-state index contributed by atoms with van der Waals surface area (Å²) in [7, 11) is 1.67. The minimum absolute atomic E-state index is 0.130. The van der Waals surface area contributed by atoms with Crippen molar-refractivity contribution in [2.45, 2.75) is 25.7 Å². The number of hydrogen-bond acceptors (Lipinski definition) is 4. The van der Waals surface area contributed by atoms with Crippen LogP contribution >= 0.6 is 11.3 Å². The van der Waals surface area contributed by atoms with Crippen LogP contribution < -0.4 is 5.32 Å². The van der Waals surface area contributed by atoms with Gasteiger partial charge >= 0.3 is 0 Å². The normalized spacial score (nSPS) is 18.8. The second kappa shape index (κ2) is 6.12. The first-order valence-corrected chi connectivity index (χ1v) is 6.87. The fourth-order valence-electron chi connectivity index (χ4n) is 2.10. The second-order valence-corrected chi connectivity index (χ2v) is 5.24. The molecule has 0 fully saturated rings. The van der Waals surface area contributed by atoms with Crippen molar-refractivity contribution in [3.8, 4) is 0 Å². The summed E-state index contributed by atoms with van der Waals surface area (Å²) in [6.07, 6.45) is 3.60. The minimum Gasteiger partial charge on any atom is -0.385 e. The Hall–Kier alpha value is -0.940. The number of thiazole rings is 1. The van der Waals surface area contributed by atoms with Crippen LogP contribution in [-0.4, -0.2) is 31.2 Å². The Morgan fingerprint density at radius 3 is 3.41 bits per heavy atom. The molecule has 1 aromatic rings. The van der Waals surface area contributed by atoms with E-state index in [1.807, 2.05) is 5.51 Å². The Kier molecular flexibility index (Phi) is 4.50. The zero-order valence-corrected chi connectivity index (χ0v) is 10.9. The molecule has 0 saturated heterocycles. The van der Waals surface area contributed by atoms with Crippen molar-refractivity contribution < 1.29 is 9.53 Å². The molecule has 1 aromatic heterocycles. The molecule has 5 heteroatoms. The number of aryl methyl sites for hydroxylation is 1. The summed E-state index contributed by atoms with van der Waals surface area (Å²) in [5, 5.41) is 2.98. The third-order valence-electron chi connectivity index (χ3n) is 3.08. The first kappa shape index (κ1) is 12.5. The quantitative estimate of drug-likeness (QED) is 0.808. The predicted molar refractivity (Wildman–Crippen MR) is 67.1 cm³/mol. The lowest BCUT2D eigenvalue weighted by atomic mass is 9.90. The van der Waals surface area contributed by atoms with Crippen LogP contribution in [0.3, 0.4) is 0 Å². The van der Waals surface area contributed by atoms with Crippen LogP contribution in [0.15, 0.2) is 5.51 Å². The third-order valence-corrected chi connectivity index (χ3v) is 3.98. The number of hydrogen-bond donors (Lipinski definition) is 1. The van der Waals surface area contributed by atoms with Gasteiger partial charge in [-0.3, -0.25) is 4.79 Å². The summed E-state index contributed by atoms with van der Waals surface area (Å²) in [5.74, 6) is 0.311. The molecule has 1 unspecified atom stereocenters. The lowest BCUT2D eigenvalue weighted by Gasteiger charge is -2.20. The van der Waals surface area contributed by atoms with E-state index in [1.54, 1.807) is 18.4 Å². The Bertz CT molecular complexity index is 378. The summed E-state index contributed by atoms with van der Waals surface area (Å²) in [6.45, 7) is 1.41. The molecule has 1 heterocycles. The molecule has 2 rings (SSSR count). The van der Waals surface area contributed by atoms with Crippen molar-refractivity contribution in [2.75, 3.05) is 20.3 Å². The van der Waals surface area contributed by atoms with E-state index in [2.05, 4.69) is 10.3 Å². The van der Waals surface area contributed by atoms with Gasteiger partial charge in [0.15, 0.2) is 0 Å². The summed E-state index contributed by atoms with van der Waals surface area (Å²) >= 11 is 1.67. The number of nitrogens with one attached hydrogen (secondary N) is 1. The number of fused-ring (bicyclic) bond motifs is 1. The molecular weight excluding hydrogens is 236 g/mol. The van der Waals surface area contributed by atoms with Crippen LogP contribution in [0.1, 0.15) is 23.4 Å². The molecule has 0 saturated carbocycles. The van der Waals surface area contributed by atoms with Crippen LogP contribution in [0.5, 0.6) is 0 Å². The highest BCUT2D eigenvalue weighted by atomic mass is 32.1. The van der Waals surface area contributed by atoms with E-state index >= 15 is 0 Å². The van der Waals surface area contributed by atoms with Crippen molar-refractivity contribution in [3.05, 3.63) is 16.1 Å². The average molecular weight is 254 g/mol. The van der Waals surface area contributed by atoms with Crippen molar-refractivity contribution >= 4 is 17.2 Å². The van der Waals surface area contributed by atoms with Gasteiger partial charge in [0.05, 0.1) is 11.2 Å². The second-order valence-electron chi connectivity index (χ2n) is 4.30. The maximum Gasteiger partial charge on any atom is 0.223 e. The van der Waals surface area contributed by atoms with Crippen LogP contribution in [0.25, 0.3) is 0 Å². The van der Waals surface area contributed by atoms with Gasteiger partial charge < -0.3 is 10.1 Å². The monoisotopic (exact) mass is 254 g/mol. The number of amides is 1. The van der Waals surface area contributed by atoms with Crippen molar-refractivity contribution in [2.24, 2.45) is 5.92 Å². The standard InChI is InChI=1S/C12H18N2O2S/c1-16-6-2-5-13-12(15)9-3-4-10-11(7-9)17-8-14-10/h8-9H,2-7H2,1H3,(H,13,15). The first-order chi connectivity index (χ1) is 8.31. The molecule has 1 N–H and O–H groups in total. The Morgan fingerprint density at radius 2 is 2.59 bits per heavy atom. The molecule has 0 aliphatic heterocycles. The topological polar surface area (TPSA) is 51.2 Å². The van der Waals surface area contributed by atoms with Gasteiger partial charge in [0.2, 0.25) is 5.91 Å². The molecule has 94 valence electrons. The van der Waals surface area contributed by atoms with Crippen molar-refractivity contribution in [1.82, 2.24) is 10.3 Å². The van der Waals surface area contributed by atoms with Gasteiger partial charge in [-0.15, -0.1) is 11.3 Å². The fourth-order valence-corrected chi connectivity index (χ4v) is 2.99. The molecule has 1 aliphatic rings. The van der Waals surface area contributed by atoms with Crippen LogP contribution in [0.2, 0.25) is 0 Å². The molecule has 17 heavy (non-hydrogen) atoms. The van der Waals surface area contributed by atoms with E-state index < -0.39 is 0 Å². The number of carbonyl (C=O) groups excluding carboxylic acids is 1. The van der Waals surface area contributed by atoms with E-state index in [-0.39, 0.29) is 11.8 Å². The van der Waals surface area contributed by atoms with Gasteiger partial charge in [-0.1, -0.05) is 0 Å². The Morgan fingerprint density at radius 1 is 1.71 bits per heavy atom. The van der Waals surface area contributed by atoms with Crippen LogP contribution in [0.4, 0.5) is 0 Å². The number of ether oxygens (including phenoxy) is 1. The summed E-state index contributed by atoms with van der Waals surface area (Å²) in [4.78, 5) is 17.5. The molecule has 1 atom stereocenters. The maximum absolute atomic E-state index is 11.9. The van der Waals surface area contributed by atoms with Gasteiger partial charge in [-0.25, -0.2) is 4.98 Å². The van der Waals surface area contributed by atoms with Gasteiger partial charge in [-0.05, 0) is 25.7 Å². The number of carbonyl (C=O) groups is 1. The van der Waals surface area contributed by atoms with Crippen LogP contribution in [0, 0.1) is 5.92 Å². The molecule has 0 aromatic carbocycles. The number of rotatable bonds is 5. The molecule has 4 nitrogen and oxygen atoms in total. The van der Waals surface area contributed by atoms with E-state index in [9.17, 15) is 4.79 Å². The predicted octanol–water partition coefficient (Wildman–Crippen LogP) is 1.40. The van der Waals surface area contributed by atoms with Crippen molar-refractivity contribution in [3.63, 3.8) is 0 Å². The molecule has 0 radical (unpaired) electrons. The Labute approximate surface area is 105 Å². The minimum atomic E-state index is 0.130. The van der Waals surface area contributed by atoms with Gasteiger partial charge in [0, 0.05) is 31.1 Å². The number of methoxy groups -OCH3 is 1. The highest BCUT2D eigenvalue weighted by Crippen LogP contribution is 2.27. The SMILES string of the molecule is COCCCNC(=O)C1CCc2ncsc2C1. The smallest absolute Gasteiger partial charge is 0.223 e. The number of nitrogens with zero attached hydrogens (tertiary/aromatic N) is 1. The zero-order chi connectivity index (χ0) is 12.1. The lowest BCUT2D eigenvalue weighted by Crippen LogP contribution is -2.34. The van der Waals surface area contributed by atoms with E-state index in [4.69, 9.17) is 4.74 Å². The molecule has 0 bridgehead atoms. The van der Waals surface area contributed by atoms with E-state index in [0.717, 1.165) is 25.7 Å². The van der Waals surface area contributed by atoms with Crippen molar-refractivity contribution in [1.29, 1.82) is 0 Å². The zero-order valence-electron chi connectivity index (χ0n) is 10.1. The number of aromatic nitrogens is 1.